The van der Waals surface area contributed by atoms with Gasteiger partial charge in [0.15, 0.2) is 0 Å². The second-order valence-corrected chi connectivity index (χ2v) is 11.5. The number of anilines is 1. The van der Waals surface area contributed by atoms with Crippen molar-refractivity contribution in [2.75, 3.05) is 32.6 Å². The standard InChI is InChI=1S/C24H31ClN2O5S/c1-24(2,3)17-6-8-18(9-7-17)33(29,30)27-12-10-16(11-13-27)23(28)26-20-15-21(31-4)19(25)14-22(20)32-5/h6-9,14-16H,10-13H2,1-5H3,(H,26,28). The van der Waals surface area contributed by atoms with Crippen LogP contribution in [0.3, 0.4) is 0 Å². The average Bonchev–Trinajstić information content (AvgIpc) is 2.79. The normalized spacial score (nSPS) is 15.8. The first kappa shape index (κ1) is 25.3. The van der Waals surface area contributed by atoms with Gasteiger partial charge in [-0.3, -0.25) is 4.79 Å². The Morgan fingerprint density at radius 3 is 2.12 bits per heavy atom. The molecule has 3 rings (SSSR count). The zero-order valence-corrected chi connectivity index (χ0v) is 21.2. The van der Waals surface area contributed by atoms with E-state index >= 15 is 0 Å². The Hall–Kier alpha value is -2.29. The van der Waals surface area contributed by atoms with Crippen molar-refractivity contribution in [3.8, 4) is 11.5 Å². The molecule has 1 N–H and O–H groups in total. The maximum Gasteiger partial charge on any atom is 0.243 e. The van der Waals surface area contributed by atoms with Crippen LogP contribution in [0.25, 0.3) is 0 Å². The molecule has 2 aromatic carbocycles. The number of benzene rings is 2. The molecule has 1 saturated heterocycles. The second kappa shape index (κ2) is 9.91. The monoisotopic (exact) mass is 494 g/mol. The van der Waals surface area contributed by atoms with Crippen LogP contribution >= 0.6 is 11.6 Å². The van der Waals surface area contributed by atoms with Crippen LogP contribution in [0.15, 0.2) is 41.3 Å². The number of carbonyl (C=O) groups excluding carboxylic acids is 1. The first-order valence-electron chi connectivity index (χ1n) is 10.8. The van der Waals surface area contributed by atoms with Gasteiger partial charge in [0.1, 0.15) is 11.5 Å². The minimum Gasteiger partial charge on any atom is -0.495 e. The summed E-state index contributed by atoms with van der Waals surface area (Å²) in [7, 11) is -0.623. The Balaban J connectivity index is 1.66. The molecular weight excluding hydrogens is 464 g/mol. The number of sulfonamides is 1. The van der Waals surface area contributed by atoms with Crippen LogP contribution < -0.4 is 14.8 Å². The SMILES string of the molecule is COc1cc(NC(=O)C2CCN(S(=O)(=O)c3ccc(C(C)(C)C)cc3)CC2)c(OC)cc1Cl. The van der Waals surface area contributed by atoms with E-state index in [2.05, 4.69) is 26.1 Å². The van der Waals surface area contributed by atoms with Crippen molar-refractivity contribution < 1.29 is 22.7 Å². The van der Waals surface area contributed by atoms with Gasteiger partial charge >= 0.3 is 0 Å². The van der Waals surface area contributed by atoms with Crippen molar-refractivity contribution >= 4 is 33.2 Å². The van der Waals surface area contributed by atoms with Crippen LogP contribution in [0.4, 0.5) is 5.69 Å². The zero-order valence-electron chi connectivity index (χ0n) is 19.6. The van der Waals surface area contributed by atoms with Crippen LogP contribution in [-0.4, -0.2) is 45.9 Å². The smallest absolute Gasteiger partial charge is 0.243 e. The maximum atomic E-state index is 13.1. The molecule has 9 heteroatoms. The van der Waals surface area contributed by atoms with Gasteiger partial charge in [-0.15, -0.1) is 0 Å². The molecule has 0 bridgehead atoms. The second-order valence-electron chi connectivity index (χ2n) is 9.13. The number of piperidine rings is 1. The average molecular weight is 495 g/mol. The number of halogens is 1. The van der Waals surface area contributed by atoms with E-state index in [0.29, 0.717) is 35.1 Å². The van der Waals surface area contributed by atoms with E-state index in [-0.39, 0.29) is 35.2 Å². The van der Waals surface area contributed by atoms with Gasteiger partial charge in [-0.1, -0.05) is 44.5 Å². The number of amides is 1. The Bertz CT molecular complexity index is 1100. The van der Waals surface area contributed by atoms with Crippen molar-refractivity contribution in [3.05, 3.63) is 47.0 Å². The molecule has 0 atom stereocenters. The molecular formula is C24H31ClN2O5S. The number of nitrogens with one attached hydrogen (secondary N) is 1. The Kier molecular flexibility index (Phi) is 7.61. The van der Waals surface area contributed by atoms with Crippen molar-refractivity contribution in [1.82, 2.24) is 4.31 Å². The van der Waals surface area contributed by atoms with Gasteiger partial charge < -0.3 is 14.8 Å². The zero-order chi connectivity index (χ0) is 24.4. The quantitative estimate of drug-likeness (QED) is 0.629. The highest BCUT2D eigenvalue weighted by atomic mass is 35.5. The third-order valence-corrected chi connectivity index (χ3v) is 8.12. The number of ether oxygens (including phenoxy) is 2. The summed E-state index contributed by atoms with van der Waals surface area (Å²) in [6.45, 7) is 6.82. The molecule has 2 aromatic rings. The van der Waals surface area contributed by atoms with Gasteiger partial charge in [-0.2, -0.15) is 4.31 Å². The third kappa shape index (κ3) is 5.62. The number of nitrogens with zero attached hydrogens (tertiary/aromatic N) is 1. The lowest BCUT2D eigenvalue weighted by Gasteiger charge is -2.31. The minimum atomic E-state index is -3.61. The predicted molar refractivity (Wildman–Crippen MR) is 130 cm³/mol. The molecule has 0 aliphatic carbocycles. The molecule has 1 aliphatic heterocycles. The van der Waals surface area contributed by atoms with E-state index in [1.165, 1.54) is 18.5 Å². The fourth-order valence-corrected chi connectivity index (χ4v) is 5.53. The first-order valence-corrected chi connectivity index (χ1v) is 12.6. The van der Waals surface area contributed by atoms with Gasteiger partial charge in [-0.05, 0) is 36.0 Å². The molecule has 0 unspecified atom stereocenters. The van der Waals surface area contributed by atoms with Crippen molar-refractivity contribution in [2.24, 2.45) is 5.92 Å². The Labute approximate surface area is 201 Å². The van der Waals surface area contributed by atoms with Crippen LogP contribution in [-0.2, 0) is 20.2 Å². The van der Waals surface area contributed by atoms with Crippen LogP contribution in [0.2, 0.25) is 5.02 Å². The van der Waals surface area contributed by atoms with E-state index in [0.717, 1.165) is 5.56 Å². The first-order chi connectivity index (χ1) is 15.5. The third-order valence-electron chi connectivity index (χ3n) is 5.91. The fraction of sp³-hybridized carbons (Fsp3) is 0.458. The molecule has 7 nitrogen and oxygen atoms in total. The van der Waals surface area contributed by atoms with Gasteiger partial charge in [0.2, 0.25) is 15.9 Å². The molecule has 1 aliphatic rings. The van der Waals surface area contributed by atoms with Crippen LogP contribution in [0.1, 0.15) is 39.2 Å². The summed E-state index contributed by atoms with van der Waals surface area (Å²) in [5, 5.41) is 3.24. The number of hydrogen-bond donors (Lipinski definition) is 1. The summed E-state index contributed by atoms with van der Waals surface area (Å²) >= 11 is 6.13. The molecule has 33 heavy (non-hydrogen) atoms. The van der Waals surface area contributed by atoms with E-state index in [1.54, 1.807) is 24.3 Å². The van der Waals surface area contributed by atoms with Crippen molar-refractivity contribution in [3.63, 3.8) is 0 Å². The Morgan fingerprint density at radius 1 is 1.03 bits per heavy atom. The molecule has 0 radical (unpaired) electrons. The summed E-state index contributed by atoms with van der Waals surface area (Å²) in [5.41, 5.74) is 1.48. The molecule has 0 saturated carbocycles. The van der Waals surface area contributed by atoms with Gasteiger partial charge in [0.05, 0.1) is 29.8 Å². The number of methoxy groups -OCH3 is 2. The van der Waals surface area contributed by atoms with Crippen molar-refractivity contribution in [2.45, 2.75) is 43.9 Å². The van der Waals surface area contributed by atoms with Crippen LogP contribution in [0.5, 0.6) is 11.5 Å². The number of rotatable bonds is 6. The minimum absolute atomic E-state index is 0.0508. The lowest BCUT2D eigenvalue weighted by molar-refractivity contribution is -0.120. The Morgan fingerprint density at radius 2 is 1.61 bits per heavy atom. The van der Waals surface area contributed by atoms with E-state index in [9.17, 15) is 13.2 Å². The molecule has 0 aromatic heterocycles. The summed E-state index contributed by atoms with van der Waals surface area (Å²) in [4.78, 5) is 13.1. The largest absolute Gasteiger partial charge is 0.495 e. The highest BCUT2D eigenvalue weighted by Crippen LogP contribution is 2.36. The van der Waals surface area contributed by atoms with Gasteiger partial charge in [-0.25, -0.2) is 8.42 Å². The number of carbonyl (C=O) groups is 1. The molecule has 0 spiro atoms. The lowest BCUT2D eigenvalue weighted by atomic mass is 9.87. The molecule has 1 heterocycles. The maximum absolute atomic E-state index is 13.1. The summed E-state index contributed by atoms with van der Waals surface area (Å²) < 4.78 is 38.2. The topological polar surface area (TPSA) is 84.9 Å². The summed E-state index contributed by atoms with van der Waals surface area (Å²) in [5.74, 6) is 0.342. The fourth-order valence-electron chi connectivity index (χ4n) is 3.83. The summed E-state index contributed by atoms with van der Waals surface area (Å²) in [6, 6.07) is 10.2. The van der Waals surface area contributed by atoms with Crippen molar-refractivity contribution in [1.29, 1.82) is 0 Å². The van der Waals surface area contributed by atoms with E-state index in [1.807, 2.05) is 12.1 Å². The predicted octanol–water partition coefficient (Wildman–Crippen LogP) is 4.69. The van der Waals surface area contributed by atoms with Gasteiger partial charge in [0.25, 0.3) is 0 Å². The summed E-state index contributed by atoms with van der Waals surface area (Å²) in [6.07, 6.45) is 0.857. The van der Waals surface area contributed by atoms with Gasteiger partial charge in [0, 0.05) is 31.1 Å². The highest BCUT2D eigenvalue weighted by molar-refractivity contribution is 7.89. The highest BCUT2D eigenvalue weighted by Gasteiger charge is 2.32. The molecule has 180 valence electrons. The van der Waals surface area contributed by atoms with E-state index in [4.69, 9.17) is 21.1 Å². The molecule has 1 amide bonds. The lowest BCUT2D eigenvalue weighted by Crippen LogP contribution is -2.41. The van der Waals surface area contributed by atoms with Crippen LogP contribution in [0, 0.1) is 5.92 Å². The van der Waals surface area contributed by atoms with E-state index < -0.39 is 10.0 Å². The molecule has 1 fully saturated rings. The number of hydrogen-bond acceptors (Lipinski definition) is 5.